The van der Waals surface area contributed by atoms with E-state index in [0.717, 1.165) is 6.54 Å². The SMILES string of the molecule is CC[n+]1cccc2c1C(C)(C)CC2. The molecule has 0 unspecified atom stereocenters. The number of rotatable bonds is 1. The monoisotopic (exact) mass is 176 g/mol. The Morgan fingerprint density at radius 2 is 2.23 bits per heavy atom. The van der Waals surface area contributed by atoms with Crippen molar-refractivity contribution in [3.63, 3.8) is 0 Å². The molecule has 1 aromatic heterocycles. The fourth-order valence-electron chi connectivity index (χ4n) is 2.46. The average molecular weight is 176 g/mol. The second kappa shape index (κ2) is 2.83. The second-order valence-corrected chi connectivity index (χ2v) is 4.55. The van der Waals surface area contributed by atoms with E-state index in [2.05, 4.69) is 43.7 Å². The van der Waals surface area contributed by atoms with Crippen molar-refractivity contribution >= 4 is 0 Å². The molecule has 0 spiro atoms. The molecule has 0 atom stereocenters. The van der Waals surface area contributed by atoms with E-state index in [4.69, 9.17) is 0 Å². The Morgan fingerprint density at radius 3 is 2.92 bits per heavy atom. The van der Waals surface area contributed by atoms with Crippen molar-refractivity contribution in [2.24, 2.45) is 0 Å². The van der Waals surface area contributed by atoms with Crippen LogP contribution < -0.4 is 4.57 Å². The minimum Gasteiger partial charge on any atom is -0.202 e. The van der Waals surface area contributed by atoms with Crippen molar-refractivity contribution in [1.29, 1.82) is 0 Å². The molecule has 1 nitrogen and oxygen atoms in total. The number of pyridine rings is 1. The standard InChI is InChI=1S/C12H18N/c1-4-13-9-5-6-10-7-8-12(2,3)11(10)13/h5-6,9H,4,7-8H2,1-3H3/q+1. The van der Waals surface area contributed by atoms with Gasteiger partial charge in [-0.1, -0.05) is 0 Å². The molecule has 0 saturated heterocycles. The molecular weight excluding hydrogens is 158 g/mol. The van der Waals surface area contributed by atoms with Gasteiger partial charge in [-0.15, -0.1) is 0 Å². The maximum atomic E-state index is 2.39. The van der Waals surface area contributed by atoms with Gasteiger partial charge < -0.3 is 0 Å². The van der Waals surface area contributed by atoms with Crippen LogP contribution in [0.5, 0.6) is 0 Å². The topological polar surface area (TPSA) is 3.88 Å². The van der Waals surface area contributed by atoms with E-state index in [1.807, 2.05) is 0 Å². The van der Waals surface area contributed by atoms with Crippen LogP contribution in [0.25, 0.3) is 0 Å². The van der Waals surface area contributed by atoms with Crippen LogP contribution in [0.2, 0.25) is 0 Å². The highest BCUT2D eigenvalue weighted by molar-refractivity contribution is 5.28. The summed E-state index contributed by atoms with van der Waals surface area (Å²) in [4.78, 5) is 0. The first kappa shape index (κ1) is 8.74. The van der Waals surface area contributed by atoms with Crippen LogP contribution in [0.3, 0.4) is 0 Å². The van der Waals surface area contributed by atoms with Crippen LogP contribution >= 0.6 is 0 Å². The Bertz CT molecular complexity index is 326. The second-order valence-electron chi connectivity index (χ2n) is 4.55. The van der Waals surface area contributed by atoms with Crippen LogP contribution in [0, 0.1) is 0 Å². The first-order valence-electron chi connectivity index (χ1n) is 5.17. The zero-order chi connectivity index (χ0) is 9.47. The lowest BCUT2D eigenvalue weighted by Crippen LogP contribution is -2.41. The van der Waals surface area contributed by atoms with Gasteiger partial charge in [-0.2, -0.15) is 0 Å². The predicted octanol–water partition coefficient (Wildman–Crippen LogP) is 2.22. The molecular formula is C12H18N+. The number of aryl methyl sites for hydroxylation is 2. The molecule has 0 aromatic carbocycles. The van der Waals surface area contributed by atoms with Crippen LogP contribution in [-0.4, -0.2) is 0 Å². The van der Waals surface area contributed by atoms with E-state index in [1.54, 1.807) is 11.3 Å². The van der Waals surface area contributed by atoms with Gasteiger partial charge in [-0.3, -0.25) is 0 Å². The summed E-state index contributed by atoms with van der Waals surface area (Å²) in [5.74, 6) is 0. The predicted molar refractivity (Wildman–Crippen MR) is 53.7 cm³/mol. The molecule has 70 valence electrons. The fourth-order valence-corrected chi connectivity index (χ4v) is 2.46. The van der Waals surface area contributed by atoms with Gasteiger partial charge in [0.25, 0.3) is 0 Å². The van der Waals surface area contributed by atoms with Crippen molar-refractivity contribution < 1.29 is 4.57 Å². The van der Waals surface area contributed by atoms with Crippen molar-refractivity contribution in [2.75, 3.05) is 0 Å². The van der Waals surface area contributed by atoms with Gasteiger partial charge in [0, 0.05) is 17.0 Å². The maximum absolute atomic E-state index is 2.39. The summed E-state index contributed by atoms with van der Waals surface area (Å²) >= 11 is 0. The van der Waals surface area contributed by atoms with Crippen molar-refractivity contribution in [2.45, 2.75) is 45.6 Å². The number of hydrogen-bond donors (Lipinski definition) is 0. The van der Waals surface area contributed by atoms with Crippen LogP contribution in [-0.2, 0) is 18.4 Å². The molecule has 0 N–H and O–H groups in total. The number of nitrogens with zero attached hydrogens (tertiary/aromatic N) is 1. The van der Waals surface area contributed by atoms with Gasteiger partial charge in [0.1, 0.15) is 6.54 Å². The largest absolute Gasteiger partial charge is 0.202 e. The zero-order valence-corrected chi connectivity index (χ0v) is 8.80. The highest BCUT2D eigenvalue weighted by Crippen LogP contribution is 2.35. The molecule has 0 radical (unpaired) electrons. The van der Waals surface area contributed by atoms with E-state index in [-0.39, 0.29) is 0 Å². The lowest BCUT2D eigenvalue weighted by Gasteiger charge is -2.15. The Balaban J connectivity index is 2.60. The van der Waals surface area contributed by atoms with Gasteiger partial charge in [-0.25, -0.2) is 4.57 Å². The Morgan fingerprint density at radius 1 is 1.46 bits per heavy atom. The first-order chi connectivity index (χ1) is 6.15. The maximum Gasteiger partial charge on any atom is 0.190 e. The summed E-state index contributed by atoms with van der Waals surface area (Å²) in [7, 11) is 0. The van der Waals surface area contributed by atoms with E-state index in [9.17, 15) is 0 Å². The molecule has 0 saturated carbocycles. The minimum atomic E-state index is 0.382. The van der Waals surface area contributed by atoms with E-state index >= 15 is 0 Å². The molecule has 0 bridgehead atoms. The highest BCUT2D eigenvalue weighted by Gasteiger charge is 2.37. The smallest absolute Gasteiger partial charge is 0.190 e. The number of fused-ring (bicyclic) bond motifs is 1. The van der Waals surface area contributed by atoms with E-state index < -0.39 is 0 Å². The first-order valence-corrected chi connectivity index (χ1v) is 5.17. The lowest BCUT2D eigenvalue weighted by molar-refractivity contribution is -0.703. The molecule has 1 aliphatic rings. The molecule has 1 aliphatic carbocycles. The van der Waals surface area contributed by atoms with Crippen molar-refractivity contribution in [3.05, 3.63) is 29.6 Å². The van der Waals surface area contributed by atoms with Gasteiger partial charge in [0.15, 0.2) is 11.9 Å². The van der Waals surface area contributed by atoms with Crippen molar-refractivity contribution in [1.82, 2.24) is 0 Å². The number of hydrogen-bond acceptors (Lipinski definition) is 0. The molecule has 13 heavy (non-hydrogen) atoms. The van der Waals surface area contributed by atoms with Crippen LogP contribution in [0.4, 0.5) is 0 Å². The van der Waals surface area contributed by atoms with Gasteiger partial charge >= 0.3 is 0 Å². The third-order valence-electron chi connectivity index (χ3n) is 3.16. The summed E-state index contributed by atoms with van der Waals surface area (Å²) in [5.41, 5.74) is 3.49. The molecule has 0 aliphatic heterocycles. The molecule has 2 rings (SSSR count). The van der Waals surface area contributed by atoms with Crippen LogP contribution in [0.1, 0.15) is 38.4 Å². The quantitative estimate of drug-likeness (QED) is 0.578. The molecule has 0 fully saturated rings. The summed E-state index contributed by atoms with van der Waals surface area (Å²) in [6.07, 6.45) is 4.75. The molecule has 1 aromatic rings. The summed E-state index contributed by atoms with van der Waals surface area (Å²) in [6, 6.07) is 4.44. The summed E-state index contributed by atoms with van der Waals surface area (Å²) < 4.78 is 2.39. The highest BCUT2D eigenvalue weighted by atomic mass is 15.0. The van der Waals surface area contributed by atoms with Gasteiger partial charge in [-0.05, 0) is 39.7 Å². The van der Waals surface area contributed by atoms with Gasteiger partial charge in [0.05, 0.1) is 0 Å². The average Bonchev–Trinajstić information content (AvgIpc) is 2.43. The molecule has 1 heteroatoms. The lowest BCUT2D eigenvalue weighted by atomic mass is 9.90. The molecule has 1 heterocycles. The number of aromatic nitrogens is 1. The summed E-state index contributed by atoms with van der Waals surface area (Å²) in [5, 5.41) is 0. The van der Waals surface area contributed by atoms with E-state index in [0.29, 0.717) is 5.41 Å². The summed E-state index contributed by atoms with van der Waals surface area (Å²) in [6.45, 7) is 8.01. The van der Waals surface area contributed by atoms with Crippen molar-refractivity contribution in [3.8, 4) is 0 Å². The fraction of sp³-hybridized carbons (Fsp3) is 0.583. The van der Waals surface area contributed by atoms with Crippen LogP contribution in [0.15, 0.2) is 18.3 Å². The zero-order valence-electron chi connectivity index (χ0n) is 8.80. The molecule has 0 amide bonds. The third kappa shape index (κ3) is 1.27. The van der Waals surface area contributed by atoms with Gasteiger partial charge in [0.2, 0.25) is 0 Å². The normalized spacial score (nSPS) is 18.7. The Kier molecular flexibility index (Phi) is 1.90. The third-order valence-corrected chi connectivity index (χ3v) is 3.16. The Labute approximate surface area is 80.4 Å². The minimum absolute atomic E-state index is 0.382. The Hall–Kier alpha value is -0.850. The van der Waals surface area contributed by atoms with E-state index in [1.165, 1.54) is 12.8 Å².